The van der Waals surface area contributed by atoms with Gasteiger partial charge in [0, 0.05) is 6.42 Å². The minimum Gasteiger partial charge on any atom is -0.478 e. The zero-order valence-corrected chi connectivity index (χ0v) is 10.1. The molecule has 0 radical (unpaired) electrons. The maximum atomic E-state index is 12.3. The van der Waals surface area contributed by atoms with Gasteiger partial charge < -0.3 is 9.84 Å². The summed E-state index contributed by atoms with van der Waals surface area (Å²) >= 11 is 0. The van der Waals surface area contributed by atoms with Crippen molar-refractivity contribution in [2.45, 2.75) is 13.0 Å². The molecule has 1 aliphatic rings. The summed E-state index contributed by atoms with van der Waals surface area (Å²) in [6.07, 6.45) is 0.558. The fourth-order valence-corrected chi connectivity index (χ4v) is 2.24. The van der Waals surface area contributed by atoms with Crippen LogP contribution in [0.1, 0.15) is 16.2 Å². The van der Waals surface area contributed by atoms with E-state index in [2.05, 4.69) is 4.98 Å². The van der Waals surface area contributed by atoms with Crippen molar-refractivity contribution in [3.8, 4) is 0 Å². The first-order chi connectivity index (χ1) is 9.16. The maximum absolute atomic E-state index is 12.3. The third-order valence-corrected chi connectivity index (χ3v) is 3.21. The van der Waals surface area contributed by atoms with Crippen LogP contribution in [0, 0.1) is 0 Å². The highest BCUT2D eigenvalue weighted by atomic mass is 16.5. The fourth-order valence-electron chi connectivity index (χ4n) is 2.24. The van der Waals surface area contributed by atoms with Crippen molar-refractivity contribution >= 4 is 16.9 Å². The van der Waals surface area contributed by atoms with Crippen LogP contribution in [0.2, 0.25) is 0 Å². The molecular weight excluding hydrogens is 248 g/mol. The van der Waals surface area contributed by atoms with E-state index in [4.69, 9.17) is 9.84 Å². The number of ether oxygens (including phenoxy) is 1. The summed E-state index contributed by atoms with van der Waals surface area (Å²) in [7, 11) is 0. The van der Waals surface area contributed by atoms with Gasteiger partial charge >= 0.3 is 5.97 Å². The van der Waals surface area contributed by atoms with Crippen LogP contribution >= 0.6 is 0 Å². The Morgan fingerprint density at radius 3 is 3.00 bits per heavy atom. The monoisotopic (exact) mass is 260 g/mol. The van der Waals surface area contributed by atoms with Crippen molar-refractivity contribution < 1.29 is 14.6 Å². The van der Waals surface area contributed by atoms with E-state index in [0.29, 0.717) is 42.9 Å². The molecule has 6 heteroatoms. The molecule has 0 bridgehead atoms. The number of nitrogens with zero attached hydrogens (tertiary/aromatic N) is 2. The zero-order chi connectivity index (χ0) is 13.4. The average molecular weight is 260 g/mol. The Labute approximate surface area is 108 Å². The number of carboxylic acids is 1. The summed E-state index contributed by atoms with van der Waals surface area (Å²) in [5.41, 5.74) is 0.426. The fraction of sp³-hybridized carbons (Fsp3) is 0.308. The van der Waals surface area contributed by atoms with Crippen molar-refractivity contribution in [1.82, 2.24) is 9.55 Å². The molecule has 2 heterocycles. The highest BCUT2D eigenvalue weighted by Crippen LogP contribution is 2.13. The number of aromatic nitrogens is 2. The number of rotatable bonds is 1. The largest absolute Gasteiger partial charge is 0.478 e. The van der Waals surface area contributed by atoms with Gasteiger partial charge in [-0.15, -0.1) is 0 Å². The van der Waals surface area contributed by atoms with Gasteiger partial charge in [0.05, 0.1) is 36.2 Å². The van der Waals surface area contributed by atoms with E-state index in [1.54, 1.807) is 4.57 Å². The van der Waals surface area contributed by atoms with Gasteiger partial charge in [-0.05, 0) is 18.2 Å². The summed E-state index contributed by atoms with van der Waals surface area (Å²) in [6.45, 7) is 1.50. The Morgan fingerprint density at radius 2 is 2.21 bits per heavy atom. The molecule has 0 amide bonds. The summed E-state index contributed by atoms with van der Waals surface area (Å²) < 4.78 is 6.93. The number of hydrogen-bond acceptors (Lipinski definition) is 4. The van der Waals surface area contributed by atoms with Gasteiger partial charge in [0.1, 0.15) is 5.82 Å². The molecule has 2 aromatic rings. The lowest BCUT2D eigenvalue weighted by Gasteiger charge is -2.09. The van der Waals surface area contributed by atoms with E-state index in [0.717, 1.165) is 0 Å². The number of fused-ring (bicyclic) bond motifs is 2. The lowest BCUT2D eigenvalue weighted by molar-refractivity contribution is 0.0697. The van der Waals surface area contributed by atoms with Gasteiger partial charge in [0.25, 0.3) is 5.56 Å². The van der Waals surface area contributed by atoms with Gasteiger partial charge in [-0.2, -0.15) is 0 Å². The van der Waals surface area contributed by atoms with Gasteiger partial charge in [0.2, 0.25) is 0 Å². The highest BCUT2D eigenvalue weighted by Gasteiger charge is 2.14. The molecule has 0 saturated carbocycles. The molecule has 3 rings (SSSR count). The number of carboxylic acid groups (broad SMARTS) is 1. The summed E-state index contributed by atoms with van der Waals surface area (Å²) in [6, 6.07) is 4.38. The van der Waals surface area contributed by atoms with E-state index in [1.165, 1.54) is 18.2 Å². The minimum absolute atomic E-state index is 0.134. The molecule has 1 aromatic carbocycles. The third kappa shape index (κ3) is 2.00. The number of aromatic carboxylic acids is 1. The molecule has 0 spiro atoms. The number of carbonyl (C=O) groups is 1. The van der Waals surface area contributed by atoms with E-state index in [9.17, 15) is 9.59 Å². The maximum Gasteiger partial charge on any atom is 0.335 e. The van der Waals surface area contributed by atoms with Crippen LogP contribution in [-0.2, 0) is 17.7 Å². The van der Waals surface area contributed by atoms with E-state index in [1.807, 2.05) is 0 Å². The van der Waals surface area contributed by atoms with E-state index in [-0.39, 0.29) is 11.1 Å². The molecule has 0 unspecified atom stereocenters. The minimum atomic E-state index is -1.03. The molecule has 0 atom stereocenters. The standard InChI is InChI=1S/C13H12N2O4/c16-12-9-2-1-8(13(17)18)7-10(9)14-11-3-5-19-6-4-15(11)12/h1-2,7H,3-6H2,(H,17,18). The second-order valence-electron chi connectivity index (χ2n) is 4.38. The normalized spacial score (nSPS) is 14.9. The van der Waals surface area contributed by atoms with Crippen molar-refractivity contribution in [2.24, 2.45) is 0 Å². The Balaban J connectivity index is 2.28. The lowest BCUT2D eigenvalue weighted by Crippen LogP contribution is -2.25. The second kappa shape index (κ2) is 4.47. The molecule has 1 N–H and O–H groups in total. The molecule has 0 aliphatic carbocycles. The van der Waals surface area contributed by atoms with Gasteiger partial charge in [-0.1, -0.05) is 0 Å². The molecule has 0 saturated heterocycles. The topological polar surface area (TPSA) is 81.4 Å². The van der Waals surface area contributed by atoms with Crippen LogP contribution < -0.4 is 5.56 Å². The van der Waals surface area contributed by atoms with Crippen molar-refractivity contribution in [3.05, 3.63) is 39.9 Å². The van der Waals surface area contributed by atoms with Gasteiger partial charge in [-0.3, -0.25) is 9.36 Å². The molecule has 19 heavy (non-hydrogen) atoms. The smallest absolute Gasteiger partial charge is 0.335 e. The summed E-state index contributed by atoms with van der Waals surface area (Å²) in [4.78, 5) is 27.7. The van der Waals surface area contributed by atoms with E-state index >= 15 is 0 Å². The third-order valence-electron chi connectivity index (χ3n) is 3.21. The first kappa shape index (κ1) is 11.9. The highest BCUT2D eigenvalue weighted by molar-refractivity contribution is 5.92. The molecule has 6 nitrogen and oxygen atoms in total. The molecule has 0 fully saturated rings. The first-order valence-corrected chi connectivity index (χ1v) is 6.01. The summed E-state index contributed by atoms with van der Waals surface area (Å²) in [5.74, 6) is -0.375. The van der Waals surface area contributed by atoms with Gasteiger partial charge in [-0.25, -0.2) is 9.78 Å². The molecule has 98 valence electrons. The molecule has 1 aliphatic heterocycles. The lowest BCUT2D eigenvalue weighted by atomic mass is 10.1. The Bertz CT molecular complexity index is 720. The van der Waals surface area contributed by atoms with Crippen LogP contribution in [-0.4, -0.2) is 33.8 Å². The van der Waals surface area contributed by atoms with Crippen molar-refractivity contribution in [2.75, 3.05) is 13.2 Å². The molecular formula is C13H12N2O4. The predicted molar refractivity (Wildman–Crippen MR) is 67.5 cm³/mol. The van der Waals surface area contributed by atoms with Crippen molar-refractivity contribution in [1.29, 1.82) is 0 Å². The van der Waals surface area contributed by atoms with Crippen LogP contribution in [0.15, 0.2) is 23.0 Å². The van der Waals surface area contributed by atoms with Crippen LogP contribution in [0.25, 0.3) is 10.9 Å². The number of benzene rings is 1. The van der Waals surface area contributed by atoms with Gasteiger partial charge in [0.15, 0.2) is 0 Å². The van der Waals surface area contributed by atoms with E-state index < -0.39 is 5.97 Å². The SMILES string of the molecule is O=C(O)c1ccc2c(=O)n3c(nc2c1)CCOCC3. The average Bonchev–Trinajstić information content (AvgIpc) is 2.63. The molecule has 1 aromatic heterocycles. The van der Waals surface area contributed by atoms with Crippen LogP contribution in [0.3, 0.4) is 0 Å². The first-order valence-electron chi connectivity index (χ1n) is 6.01. The van der Waals surface area contributed by atoms with Crippen molar-refractivity contribution in [3.63, 3.8) is 0 Å². The quantitative estimate of drug-likeness (QED) is 0.814. The Morgan fingerprint density at radius 1 is 1.37 bits per heavy atom. The Kier molecular flexibility index (Phi) is 2.79. The van der Waals surface area contributed by atoms with Crippen LogP contribution in [0.5, 0.6) is 0 Å². The second-order valence-corrected chi connectivity index (χ2v) is 4.38. The Hall–Kier alpha value is -2.21. The zero-order valence-electron chi connectivity index (χ0n) is 10.1. The number of hydrogen-bond donors (Lipinski definition) is 1. The predicted octanol–water partition coefficient (Wildman–Crippen LogP) is 0.667. The van der Waals surface area contributed by atoms with Crippen LogP contribution in [0.4, 0.5) is 0 Å². The summed E-state index contributed by atoms with van der Waals surface area (Å²) in [5, 5.41) is 9.41.